The first-order valence-electron chi connectivity index (χ1n) is 10.5. The van der Waals surface area contributed by atoms with Crippen LogP contribution in [-0.4, -0.2) is 53.8 Å². The van der Waals surface area contributed by atoms with E-state index in [1.54, 1.807) is 34.6 Å². The minimum Gasteiger partial charge on any atom is -0.333 e. The molecule has 0 aliphatic rings. The summed E-state index contributed by atoms with van der Waals surface area (Å²) >= 11 is 1.32. The van der Waals surface area contributed by atoms with Gasteiger partial charge in [0, 0.05) is 43.6 Å². The molecule has 1 heterocycles. The molecule has 0 N–H and O–H groups in total. The van der Waals surface area contributed by atoms with Gasteiger partial charge in [-0.1, -0.05) is 36.4 Å². The van der Waals surface area contributed by atoms with E-state index < -0.39 is 0 Å². The molecule has 8 heteroatoms. The number of anilines is 2. The van der Waals surface area contributed by atoms with Crippen molar-refractivity contribution < 1.29 is 14.0 Å². The number of hydrogen-bond donors (Lipinski definition) is 0. The molecular weight excluding hydrogens is 439 g/mol. The third-order valence-corrected chi connectivity index (χ3v) is 5.72. The molecule has 0 saturated heterocycles. The van der Waals surface area contributed by atoms with E-state index in [-0.39, 0.29) is 24.2 Å². The molecule has 6 nitrogen and oxygen atoms in total. The van der Waals surface area contributed by atoms with Crippen molar-refractivity contribution in [2.24, 2.45) is 0 Å². The number of likely N-dealkylation sites (N-methyl/N-ethyl adjacent to an activating group) is 1. The van der Waals surface area contributed by atoms with Gasteiger partial charge >= 0.3 is 0 Å². The van der Waals surface area contributed by atoms with Crippen LogP contribution in [-0.2, 0) is 16.1 Å². The smallest absolute Gasteiger partial charge is 0.246 e. The molecule has 2 amide bonds. The summed E-state index contributed by atoms with van der Waals surface area (Å²) in [4.78, 5) is 34.8. The predicted molar refractivity (Wildman–Crippen MR) is 131 cm³/mol. The fraction of sp³-hybridized carbons (Fsp3) is 0.240. The van der Waals surface area contributed by atoms with E-state index in [0.717, 1.165) is 5.69 Å². The number of para-hydroxylation sites is 1. The number of nitrogens with zero attached hydrogens (tertiary/aromatic N) is 4. The summed E-state index contributed by atoms with van der Waals surface area (Å²) < 4.78 is 14.1. The summed E-state index contributed by atoms with van der Waals surface area (Å²) in [7, 11) is 3.85. The lowest BCUT2D eigenvalue weighted by atomic mass is 10.2. The Morgan fingerprint density at radius 3 is 2.39 bits per heavy atom. The van der Waals surface area contributed by atoms with Crippen molar-refractivity contribution in [1.82, 2.24) is 14.8 Å². The van der Waals surface area contributed by atoms with Crippen molar-refractivity contribution in [3.63, 3.8) is 0 Å². The highest BCUT2D eigenvalue weighted by atomic mass is 32.1. The van der Waals surface area contributed by atoms with Gasteiger partial charge in [-0.25, -0.2) is 9.37 Å². The van der Waals surface area contributed by atoms with E-state index in [2.05, 4.69) is 4.98 Å². The first-order chi connectivity index (χ1) is 15.8. The summed E-state index contributed by atoms with van der Waals surface area (Å²) in [6, 6.07) is 15.7. The van der Waals surface area contributed by atoms with Crippen molar-refractivity contribution in [2.45, 2.75) is 13.5 Å². The van der Waals surface area contributed by atoms with E-state index in [9.17, 15) is 14.0 Å². The fourth-order valence-electron chi connectivity index (χ4n) is 3.14. The number of benzene rings is 2. The number of aromatic nitrogens is 1. The van der Waals surface area contributed by atoms with Crippen molar-refractivity contribution >= 4 is 40.0 Å². The standard InChI is InChI=1S/C25H27FN4O2S/c1-19(31)30(22-10-5-4-6-11-22)25-27-21(18-33-25)13-14-24(32)29(16-15-28(2)3)17-20-9-7-8-12-23(20)26/h4-14,18H,15-17H2,1-3H3/b14-13+. The summed E-state index contributed by atoms with van der Waals surface area (Å²) in [5, 5.41) is 2.32. The number of carbonyl (C=O) groups is 2. The SMILES string of the molecule is CC(=O)N(c1ccccc1)c1nc(/C=C/C(=O)N(CCN(C)C)Cc2ccccc2F)cs1. The maximum absolute atomic E-state index is 14.1. The summed E-state index contributed by atoms with van der Waals surface area (Å²) in [6.45, 7) is 2.77. The first-order valence-corrected chi connectivity index (χ1v) is 11.4. The molecule has 0 spiro atoms. The molecule has 0 saturated carbocycles. The van der Waals surface area contributed by atoms with Crippen molar-refractivity contribution in [1.29, 1.82) is 0 Å². The molecule has 2 aromatic carbocycles. The lowest BCUT2D eigenvalue weighted by Crippen LogP contribution is -2.35. The molecule has 33 heavy (non-hydrogen) atoms. The quantitative estimate of drug-likeness (QED) is 0.434. The number of amides is 2. The van der Waals surface area contributed by atoms with Crippen LogP contribution < -0.4 is 4.90 Å². The predicted octanol–water partition coefficient (Wildman–Crippen LogP) is 4.57. The van der Waals surface area contributed by atoms with E-state index in [4.69, 9.17) is 0 Å². The Bertz CT molecular complexity index is 1110. The molecule has 0 aliphatic heterocycles. The second-order valence-electron chi connectivity index (χ2n) is 7.73. The lowest BCUT2D eigenvalue weighted by molar-refractivity contribution is -0.126. The Labute approximate surface area is 197 Å². The molecule has 172 valence electrons. The van der Waals surface area contributed by atoms with Crippen LogP contribution in [0.5, 0.6) is 0 Å². The van der Waals surface area contributed by atoms with Gasteiger partial charge in [0.15, 0.2) is 5.13 Å². The third-order valence-electron chi connectivity index (χ3n) is 4.87. The minimum atomic E-state index is -0.335. The van der Waals surface area contributed by atoms with Crippen LogP contribution in [0, 0.1) is 5.82 Å². The maximum atomic E-state index is 14.1. The topological polar surface area (TPSA) is 56.8 Å². The van der Waals surface area contributed by atoms with Crippen LogP contribution in [0.1, 0.15) is 18.2 Å². The van der Waals surface area contributed by atoms with Crippen LogP contribution in [0.3, 0.4) is 0 Å². The molecule has 0 radical (unpaired) electrons. The molecule has 1 aromatic heterocycles. The van der Waals surface area contributed by atoms with E-state index >= 15 is 0 Å². The Morgan fingerprint density at radius 1 is 1.03 bits per heavy atom. The van der Waals surface area contributed by atoms with Crippen LogP contribution in [0.25, 0.3) is 6.08 Å². The molecule has 0 unspecified atom stereocenters. The number of hydrogen-bond acceptors (Lipinski definition) is 5. The highest BCUT2D eigenvalue weighted by Crippen LogP contribution is 2.29. The third kappa shape index (κ3) is 6.81. The number of carbonyl (C=O) groups excluding carboxylic acids is 2. The average Bonchev–Trinajstić information content (AvgIpc) is 3.25. The monoisotopic (exact) mass is 466 g/mol. The van der Waals surface area contributed by atoms with Gasteiger partial charge in [0.25, 0.3) is 0 Å². The molecule has 0 aliphatic carbocycles. The highest BCUT2D eigenvalue weighted by molar-refractivity contribution is 7.14. The summed E-state index contributed by atoms with van der Waals surface area (Å²) in [6.07, 6.45) is 3.06. The number of rotatable bonds is 9. The zero-order valence-electron chi connectivity index (χ0n) is 18.9. The van der Waals surface area contributed by atoms with Crippen LogP contribution >= 0.6 is 11.3 Å². The number of halogens is 1. The van der Waals surface area contributed by atoms with Crippen molar-refractivity contribution in [3.05, 3.63) is 83.1 Å². The van der Waals surface area contributed by atoms with E-state index in [1.807, 2.05) is 49.3 Å². The van der Waals surface area contributed by atoms with Gasteiger partial charge in [-0.2, -0.15) is 0 Å². The molecule has 0 atom stereocenters. The van der Waals surface area contributed by atoms with Gasteiger partial charge < -0.3 is 9.80 Å². The van der Waals surface area contributed by atoms with Gasteiger partial charge in [-0.3, -0.25) is 14.5 Å². The van der Waals surface area contributed by atoms with Gasteiger partial charge in [0.1, 0.15) is 5.82 Å². The molecular formula is C25H27FN4O2S. The molecule has 0 bridgehead atoms. The van der Waals surface area contributed by atoms with E-state index in [1.165, 1.54) is 35.3 Å². The lowest BCUT2D eigenvalue weighted by Gasteiger charge is -2.23. The average molecular weight is 467 g/mol. The molecule has 3 rings (SSSR count). The Balaban J connectivity index is 1.76. The fourth-order valence-corrected chi connectivity index (χ4v) is 4.00. The normalized spacial score (nSPS) is 11.2. The Morgan fingerprint density at radius 2 is 1.73 bits per heavy atom. The van der Waals surface area contributed by atoms with Gasteiger partial charge in [-0.15, -0.1) is 11.3 Å². The van der Waals surface area contributed by atoms with Crippen molar-refractivity contribution in [2.75, 3.05) is 32.1 Å². The summed E-state index contributed by atoms with van der Waals surface area (Å²) in [5.74, 6) is -0.721. The van der Waals surface area contributed by atoms with Gasteiger partial charge in [0.05, 0.1) is 11.4 Å². The van der Waals surface area contributed by atoms with Gasteiger partial charge in [-0.05, 0) is 38.4 Å². The largest absolute Gasteiger partial charge is 0.333 e. The van der Waals surface area contributed by atoms with E-state index in [0.29, 0.717) is 29.5 Å². The number of thiazole rings is 1. The summed E-state index contributed by atoms with van der Waals surface area (Å²) in [5.41, 5.74) is 1.77. The molecule has 0 fully saturated rings. The second kappa shape index (κ2) is 11.5. The highest BCUT2D eigenvalue weighted by Gasteiger charge is 2.18. The first kappa shape index (κ1) is 24.3. The minimum absolute atomic E-state index is 0.151. The zero-order chi connectivity index (χ0) is 23.8. The zero-order valence-corrected chi connectivity index (χ0v) is 19.8. The molecule has 3 aromatic rings. The van der Waals surface area contributed by atoms with Crippen LogP contribution in [0.4, 0.5) is 15.2 Å². The van der Waals surface area contributed by atoms with Crippen LogP contribution in [0.2, 0.25) is 0 Å². The Hall–Kier alpha value is -3.36. The Kier molecular flexibility index (Phi) is 8.46. The van der Waals surface area contributed by atoms with Crippen LogP contribution in [0.15, 0.2) is 66.1 Å². The van der Waals surface area contributed by atoms with Crippen molar-refractivity contribution in [3.8, 4) is 0 Å². The second-order valence-corrected chi connectivity index (χ2v) is 8.57. The van der Waals surface area contributed by atoms with Gasteiger partial charge in [0.2, 0.25) is 11.8 Å². The maximum Gasteiger partial charge on any atom is 0.246 e.